The third-order valence-corrected chi connectivity index (χ3v) is 4.09. The maximum atomic E-state index is 11.9. The topological polar surface area (TPSA) is 72.8 Å². The van der Waals surface area contributed by atoms with Crippen LogP contribution < -0.4 is 0 Å². The zero-order valence-electron chi connectivity index (χ0n) is 12.0. The predicted molar refractivity (Wildman–Crippen MR) is 83.1 cm³/mol. The van der Waals surface area contributed by atoms with Gasteiger partial charge in [-0.25, -0.2) is 4.79 Å². The molecule has 0 aliphatic carbocycles. The summed E-state index contributed by atoms with van der Waals surface area (Å²) < 4.78 is 32.1. The number of hydrogen-bond donors (Lipinski definition) is 0. The van der Waals surface area contributed by atoms with Gasteiger partial charge in [0.1, 0.15) is 12.8 Å². The van der Waals surface area contributed by atoms with Crippen molar-refractivity contribution in [1.29, 1.82) is 0 Å². The number of carbonyl (C=O) groups excluding carboxylic acids is 1. The summed E-state index contributed by atoms with van der Waals surface area (Å²) in [6, 6.07) is 15.3. The van der Waals surface area contributed by atoms with Gasteiger partial charge in [-0.15, -0.1) is 0 Å². The first-order valence-corrected chi connectivity index (χ1v) is 7.99. The number of benzene rings is 2. The molecule has 0 aliphatic heterocycles. The molecule has 2 aromatic carbocycles. The maximum Gasteiger partial charge on any atom is 0.350 e. The first-order valence-electron chi connectivity index (χ1n) is 6.55. The lowest BCUT2D eigenvalue weighted by molar-refractivity contribution is -0.136. The van der Waals surface area contributed by atoms with Gasteiger partial charge in [-0.1, -0.05) is 48.0 Å². The Hall–Kier alpha value is -2.47. The monoisotopic (exact) mass is 317 g/mol. The van der Waals surface area contributed by atoms with Crippen LogP contribution in [-0.4, -0.2) is 20.6 Å². The minimum Gasteiger partial charge on any atom is -0.457 e. The molecule has 0 spiro atoms. The SMILES string of the molecule is Cc1ccc(S(=O)(=O)/N=C\C(=O)OCc2ccccc2)cc1. The number of aryl methyl sites for hydroxylation is 1. The number of ether oxygens (including phenoxy) is 1. The lowest BCUT2D eigenvalue weighted by Gasteiger charge is -2.02. The Kier molecular flexibility index (Phi) is 5.06. The summed E-state index contributed by atoms with van der Waals surface area (Å²) in [5.41, 5.74) is 1.75. The summed E-state index contributed by atoms with van der Waals surface area (Å²) in [7, 11) is -3.89. The standard InChI is InChI=1S/C16H15NO4S/c1-13-7-9-15(10-8-13)22(19,20)17-11-16(18)21-12-14-5-3-2-4-6-14/h2-11H,12H2,1H3/b17-11-. The molecule has 0 unspecified atom stereocenters. The van der Waals surface area contributed by atoms with Crippen LogP contribution >= 0.6 is 0 Å². The van der Waals surface area contributed by atoms with E-state index in [0.29, 0.717) is 6.21 Å². The van der Waals surface area contributed by atoms with Gasteiger partial charge in [0, 0.05) is 0 Å². The third kappa shape index (κ3) is 4.53. The zero-order valence-corrected chi connectivity index (χ0v) is 12.8. The Labute approximate surface area is 129 Å². The van der Waals surface area contributed by atoms with E-state index in [0.717, 1.165) is 11.1 Å². The van der Waals surface area contributed by atoms with Crippen LogP contribution in [0.3, 0.4) is 0 Å². The second kappa shape index (κ2) is 7.00. The fourth-order valence-corrected chi connectivity index (χ4v) is 2.48. The molecule has 0 bridgehead atoms. The third-order valence-electron chi connectivity index (χ3n) is 2.84. The number of nitrogens with zero attached hydrogens (tertiary/aromatic N) is 1. The smallest absolute Gasteiger partial charge is 0.350 e. The molecule has 0 radical (unpaired) electrons. The summed E-state index contributed by atoms with van der Waals surface area (Å²) in [5.74, 6) is -0.806. The largest absolute Gasteiger partial charge is 0.457 e. The quantitative estimate of drug-likeness (QED) is 0.627. The minimum atomic E-state index is -3.89. The summed E-state index contributed by atoms with van der Waals surface area (Å²) in [5, 5.41) is 0. The van der Waals surface area contributed by atoms with Gasteiger partial charge in [-0.3, -0.25) is 0 Å². The molecule has 114 valence electrons. The molecule has 0 heterocycles. The van der Waals surface area contributed by atoms with E-state index in [-0.39, 0.29) is 11.5 Å². The second-order valence-electron chi connectivity index (χ2n) is 4.62. The molecule has 2 rings (SSSR count). The van der Waals surface area contributed by atoms with Crippen molar-refractivity contribution in [3.05, 3.63) is 65.7 Å². The van der Waals surface area contributed by atoms with Crippen LogP contribution in [-0.2, 0) is 26.2 Å². The zero-order chi connectivity index (χ0) is 16.0. The van der Waals surface area contributed by atoms with E-state index in [2.05, 4.69) is 4.40 Å². The van der Waals surface area contributed by atoms with Crippen molar-refractivity contribution in [3.63, 3.8) is 0 Å². The van der Waals surface area contributed by atoms with Crippen molar-refractivity contribution in [2.45, 2.75) is 18.4 Å². The highest BCUT2D eigenvalue weighted by atomic mass is 32.2. The Bertz CT molecular complexity index is 766. The van der Waals surface area contributed by atoms with Crippen LogP contribution in [0.25, 0.3) is 0 Å². The highest BCUT2D eigenvalue weighted by Gasteiger charge is 2.12. The Balaban J connectivity index is 1.98. The van der Waals surface area contributed by atoms with Gasteiger partial charge in [0.15, 0.2) is 0 Å². The van der Waals surface area contributed by atoms with Crippen LogP contribution in [0.5, 0.6) is 0 Å². The molecular formula is C16H15NO4S. The van der Waals surface area contributed by atoms with Crippen LogP contribution in [0, 0.1) is 6.92 Å². The van der Waals surface area contributed by atoms with Gasteiger partial charge in [0.05, 0.1) is 4.90 Å². The molecule has 6 heteroatoms. The number of sulfonamides is 1. The number of carbonyl (C=O) groups is 1. The average molecular weight is 317 g/mol. The van der Waals surface area contributed by atoms with E-state index in [9.17, 15) is 13.2 Å². The van der Waals surface area contributed by atoms with Crippen LogP contribution in [0.1, 0.15) is 11.1 Å². The van der Waals surface area contributed by atoms with E-state index in [1.165, 1.54) is 12.1 Å². The fraction of sp³-hybridized carbons (Fsp3) is 0.125. The van der Waals surface area contributed by atoms with Crippen molar-refractivity contribution in [1.82, 2.24) is 0 Å². The van der Waals surface area contributed by atoms with Gasteiger partial charge >= 0.3 is 5.97 Å². The molecule has 0 saturated heterocycles. The summed E-state index contributed by atoms with van der Waals surface area (Å²) in [4.78, 5) is 11.5. The van der Waals surface area contributed by atoms with Gasteiger partial charge in [0.2, 0.25) is 0 Å². The van der Waals surface area contributed by atoms with E-state index < -0.39 is 16.0 Å². The van der Waals surface area contributed by atoms with E-state index in [4.69, 9.17) is 4.74 Å². The van der Waals surface area contributed by atoms with Crippen molar-refractivity contribution in [2.24, 2.45) is 4.40 Å². The lowest BCUT2D eigenvalue weighted by Crippen LogP contribution is -2.08. The molecule has 0 N–H and O–H groups in total. The molecule has 0 atom stereocenters. The highest BCUT2D eigenvalue weighted by molar-refractivity contribution is 7.90. The maximum absolute atomic E-state index is 11.9. The molecule has 0 fully saturated rings. The lowest BCUT2D eigenvalue weighted by atomic mass is 10.2. The van der Waals surface area contributed by atoms with Crippen molar-refractivity contribution in [3.8, 4) is 0 Å². The van der Waals surface area contributed by atoms with Gasteiger partial charge in [0.25, 0.3) is 10.0 Å². The molecule has 0 aliphatic rings. The summed E-state index contributed by atoms with van der Waals surface area (Å²) in [6.07, 6.45) is 0.679. The normalized spacial score (nSPS) is 11.5. The first kappa shape index (κ1) is 15.9. The van der Waals surface area contributed by atoms with Crippen LogP contribution in [0.2, 0.25) is 0 Å². The molecule has 0 amide bonds. The molecule has 0 aromatic heterocycles. The van der Waals surface area contributed by atoms with Crippen LogP contribution in [0.15, 0.2) is 63.9 Å². The van der Waals surface area contributed by atoms with Crippen molar-refractivity contribution >= 4 is 22.2 Å². The number of hydrogen-bond acceptors (Lipinski definition) is 4. The highest BCUT2D eigenvalue weighted by Crippen LogP contribution is 2.12. The molecule has 22 heavy (non-hydrogen) atoms. The Morgan fingerprint density at radius 1 is 1.09 bits per heavy atom. The second-order valence-corrected chi connectivity index (χ2v) is 6.25. The predicted octanol–water partition coefficient (Wildman–Crippen LogP) is 2.50. The van der Waals surface area contributed by atoms with Crippen molar-refractivity contribution in [2.75, 3.05) is 0 Å². The van der Waals surface area contributed by atoms with E-state index in [1.54, 1.807) is 24.3 Å². The Morgan fingerprint density at radius 2 is 1.73 bits per heavy atom. The fourth-order valence-electron chi connectivity index (χ4n) is 1.65. The first-order chi connectivity index (χ1) is 10.5. The van der Waals surface area contributed by atoms with E-state index in [1.807, 2.05) is 25.1 Å². The summed E-state index contributed by atoms with van der Waals surface area (Å²) >= 11 is 0. The van der Waals surface area contributed by atoms with Gasteiger partial charge < -0.3 is 4.74 Å². The minimum absolute atomic E-state index is 0.0326. The molecule has 2 aromatic rings. The molecule has 5 nitrogen and oxygen atoms in total. The average Bonchev–Trinajstić information content (AvgIpc) is 2.52. The number of rotatable bonds is 5. The summed E-state index contributed by atoms with van der Waals surface area (Å²) in [6.45, 7) is 1.91. The van der Waals surface area contributed by atoms with E-state index >= 15 is 0 Å². The van der Waals surface area contributed by atoms with Crippen molar-refractivity contribution < 1.29 is 17.9 Å². The number of esters is 1. The van der Waals surface area contributed by atoms with Crippen LogP contribution in [0.4, 0.5) is 0 Å². The van der Waals surface area contributed by atoms with Gasteiger partial charge in [-0.2, -0.15) is 12.8 Å². The van der Waals surface area contributed by atoms with Gasteiger partial charge in [-0.05, 0) is 24.6 Å². The molecule has 0 saturated carbocycles. The molecular weight excluding hydrogens is 302 g/mol. The Morgan fingerprint density at radius 3 is 2.36 bits per heavy atom.